The Hall–Kier alpha value is -2.71. The van der Waals surface area contributed by atoms with E-state index in [1.54, 1.807) is 7.11 Å². The number of amides is 1. The summed E-state index contributed by atoms with van der Waals surface area (Å²) < 4.78 is 33.6. The van der Waals surface area contributed by atoms with Gasteiger partial charge in [-0.1, -0.05) is 18.2 Å². The first-order chi connectivity index (χ1) is 14.1. The number of hydrogen-bond acceptors (Lipinski definition) is 5. The first kappa shape index (κ1) is 19.6. The number of piperidine rings is 1. The van der Waals surface area contributed by atoms with Gasteiger partial charge in [-0.25, -0.2) is 13.5 Å². The average molecular weight is 405 g/mol. The van der Waals surface area contributed by atoms with E-state index in [0.717, 1.165) is 18.4 Å². The van der Waals surface area contributed by atoms with E-state index in [1.807, 2.05) is 29.2 Å². The highest BCUT2D eigenvalue weighted by molar-refractivity contribution is 5.79. The topological polar surface area (TPSA) is 72.3 Å². The fourth-order valence-electron chi connectivity index (χ4n) is 4.38. The molecule has 3 heterocycles. The minimum Gasteiger partial charge on any atom is -0.496 e. The van der Waals surface area contributed by atoms with Gasteiger partial charge in [-0.2, -0.15) is 10.1 Å². The molecule has 156 valence electrons. The van der Waals surface area contributed by atoms with Crippen LogP contribution in [0.1, 0.15) is 30.9 Å². The lowest BCUT2D eigenvalue weighted by atomic mass is 9.85. The van der Waals surface area contributed by atoms with Gasteiger partial charge >= 0.3 is 0 Å². The van der Waals surface area contributed by atoms with Gasteiger partial charge < -0.3 is 15.0 Å². The summed E-state index contributed by atoms with van der Waals surface area (Å²) in [6.45, 7) is 1.26. The lowest BCUT2D eigenvalue weighted by molar-refractivity contribution is -0.132. The molecule has 7 nitrogen and oxygen atoms in total. The molecule has 0 bridgehead atoms. The van der Waals surface area contributed by atoms with E-state index < -0.39 is 12.5 Å². The van der Waals surface area contributed by atoms with Crippen molar-refractivity contribution < 1.29 is 18.3 Å². The number of anilines is 1. The molecule has 1 aromatic heterocycles. The Kier molecular flexibility index (Phi) is 5.64. The van der Waals surface area contributed by atoms with Gasteiger partial charge in [0.25, 0.3) is 6.43 Å². The first-order valence-electron chi connectivity index (χ1n) is 9.90. The average Bonchev–Trinajstić information content (AvgIpc) is 3.22. The lowest BCUT2D eigenvalue weighted by Crippen LogP contribution is -2.46. The third kappa shape index (κ3) is 4.04. The number of ether oxygens (including phenoxy) is 1. The molecule has 0 aliphatic carbocycles. The summed E-state index contributed by atoms with van der Waals surface area (Å²) in [5.74, 6) is 1.40. The van der Waals surface area contributed by atoms with Gasteiger partial charge in [-0.3, -0.25) is 4.79 Å². The van der Waals surface area contributed by atoms with Crippen LogP contribution in [-0.2, 0) is 11.2 Å². The lowest BCUT2D eigenvalue weighted by Gasteiger charge is -2.40. The fourth-order valence-corrected chi connectivity index (χ4v) is 4.38. The van der Waals surface area contributed by atoms with Gasteiger partial charge in [-0.05, 0) is 31.2 Å². The van der Waals surface area contributed by atoms with E-state index >= 15 is 0 Å². The van der Waals surface area contributed by atoms with E-state index in [1.165, 1.54) is 11.0 Å². The second-order valence-corrected chi connectivity index (χ2v) is 7.62. The number of aromatic nitrogens is 3. The maximum atomic E-state index is 13.5. The molecule has 0 spiro atoms. The molecule has 1 saturated heterocycles. The van der Waals surface area contributed by atoms with Gasteiger partial charge in [0.05, 0.1) is 13.5 Å². The number of rotatable bonds is 5. The third-order valence-electron chi connectivity index (χ3n) is 5.98. The Morgan fingerprint density at radius 2 is 2.07 bits per heavy atom. The quantitative estimate of drug-likeness (QED) is 0.828. The van der Waals surface area contributed by atoms with Crippen LogP contribution in [0, 0.1) is 5.92 Å². The molecule has 1 amide bonds. The van der Waals surface area contributed by atoms with Crippen molar-refractivity contribution in [3.63, 3.8) is 0 Å². The normalized spacial score (nSPS) is 22.3. The molecule has 2 aromatic rings. The number of nitrogens with zero attached hydrogens (tertiary/aromatic N) is 4. The minimum atomic E-state index is -2.48. The van der Waals surface area contributed by atoms with Crippen LogP contribution in [0.5, 0.6) is 5.75 Å². The molecule has 29 heavy (non-hydrogen) atoms. The van der Waals surface area contributed by atoms with E-state index in [4.69, 9.17) is 4.74 Å². The minimum absolute atomic E-state index is 0.0646. The van der Waals surface area contributed by atoms with Crippen molar-refractivity contribution in [3.05, 3.63) is 36.2 Å². The second-order valence-electron chi connectivity index (χ2n) is 7.62. The number of benzene rings is 1. The molecule has 0 radical (unpaired) electrons. The van der Waals surface area contributed by atoms with Crippen LogP contribution in [0.15, 0.2) is 30.6 Å². The third-order valence-corrected chi connectivity index (χ3v) is 5.98. The zero-order valence-electron chi connectivity index (χ0n) is 16.3. The van der Waals surface area contributed by atoms with E-state index in [9.17, 15) is 13.6 Å². The molecule has 0 unspecified atom stereocenters. The van der Waals surface area contributed by atoms with Crippen LogP contribution < -0.4 is 10.1 Å². The van der Waals surface area contributed by atoms with Crippen molar-refractivity contribution in [2.45, 2.75) is 44.2 Å². The van der Waals surface area contributed by atoms with E-state index in [0.29, 0.717) is 37.6 Å². The highest BCUT2D eigenvalue weighted by Gasteiger charge is 2.38. The molecule has 4 rings (SSSR count). The summed E-state index contributed by atoms with van der Waals surface area (Å²) in [6.07, 6.45) is 0.987. The van der Waals surface area contributed by atoms with Crippen LogP contribution in [0.2, 0.25) is 0 Å². The predicted molar refractivity (Wildman–Crippen MR) is 103 cm³/mol. The highest BCUT2D eigenvalue weighted by Crippen LogP contribution is 2.35. The SMILES string of the molecule is COc1ccccc1CC(=O)N1CCC([C@@H]2C[C@H](C(F)F)n3ncnc3N2)CC1. The Balaban J connectivity index is 1.35. The molecule has 2 atom stereocenters. The molecule has 9 heteroatoms. The molecule has 0 saturated carbocycles. The van der Waals surface area contributed by atoms with Crippen molar-refractivity contribution in [1.29, 1.82) is 0 Å². The largest absolute Gasteiger partial charge is 0.496 e. The van der Waals surface area contributed by atoms with Gasteiger partial charge in [0.15, 0.2) is 0 Å². The van der Waals surface area contributed by atoms with Crippen LogP contribution in [0.3, 0.4) is 0 Å². The van der Waals surface area contributed by atoms with Crippen molar-refractivity contribution >= 4 is 11.9 Å². The molecule has 1 N–H and O–H groups in total. The zero-order chi connectivity index (χ0) is 20.4. The number of likely N-dealkylation sites (tertiary alicyclic amines) is 1. The number of halogens is 2. The monoisotopic (exact) mass is 405 g/mol. The Morgan fingerprint density at radius 3 is 2.79 bits per heavy atom. The van der Waals surface area contributed by atoms with Gasteiger partial charge in [-0.15, -0.1) is 0 Å². The van der Waals surface area contributed by atoms with Crippen molar-refractivity contribution in [2.75, 3.05) is 25.5 Å². The van der Waals surface area contributed by atoms with Gasteiger partial charge in [0.1, 0.15) is 18.1 Å². The Labute approximate surface area is 168 Å². The number of alkyl halides is 2. The Morgan fingerprint density at radius 1 is 1.31 bits per heavy atom. The van der Waals surface area contributed by atoms with Crippen molar-refractivity contribution in [3.8, 4) is 5.75 Å². The van der Waals surface area contributed by atoms with E-state index in [2.05, 4.69) is 15.4 Å². The molecule has 2 aliphatic rings. The van der Waals surface area contributed by atoms with Crippen LogP contribution in [0.4, 0.5) is 14.7 Å². The number of hydrogen-bond donors (Lipinski definition) is 1. The molecule has 2 aliphatic heterocycles. The van der Waals surface area contributed by atoms with Crippen molar-refractivity contribution in [1.82, 2.24) is 19.7 Å². The summed E-state index contributed by atoms with van der Waals surface area (Å²) in [4.78, 5) is 18.7. The van der Waals surface area contributed by atoms with Gasteiger partial charge in [0.2, 0.25) is 11.9 Å². The van der Waals surface area contributed by atoms with Crippen molar-refractivity contribution in [2.24, 2.45) is 5.92 Å². The summed E-state index contributed by atoms with van der Waals surface area (Å²) in [5.41, 5.74) is 0.871. The molecule has 1 fully saturated rings. The summed E-state index contributed by atoms with van der Waals surface area (Å²) in [5, 5.41) is 7.19. The summed E-state index contributed by atoms with van der Waals surface area (Å²) in [7, 11) is 1.60. The number of carbonyl (C=O) groups excluding carboxylic acids is 1. The van der Waals surface area contributed by atoms with Crippen LogP contribution in [0.25, 0.3) is 0 Å². The fraction of sp³-hybridized carbons (Fsp3) is 0.550. The number of nitrogens with one attached hydrogen (secondary N) is 1. The first-order valence-corrected chi connectivity index (χ1v) is 9.90. The zero-order valence-corrected chi connectivity index (χ0v) is 16.3. The summed E-state index contributed by atoms with van der Waals surface area (Å²) in [6, 6.07) is 6.48. The maximum Gasteiger partial charge on any atom is 0.260 e. The number of carbonyl (C=O) groups is 1. The predicted octanol–water partition coefficient (Wildman–Crippen LogP) is 2.76. The summed E-state index contributed by atoms with van der Waals surface area (Å²) >= 11 is 0. The van der Waals surface area contributed by atoms with Gasteiger partial charge in [0, 0.05) is 24.7 Å². The van der Waals surface area contributed by atoms with Crippen LogP contribution in [-0.4, -0.2) is 58.2 Å². The molecular formula is C20H25F2N5O2. The maximum absolute atomic E-state index is 13.5. The van der Waals surface area contributed by atoms with Crippen LogP contribution >= 0.6 is 0 Å². The highest BCUT2D eigenvalue weighted by atomic mass is 19.3. The van der Waals surface area contributed by atoms with E-state index in [-0.39, 0.29) is 17.9 Å². The number of methoxy groups -OCH3 is 1. The second kappa shape index (κ2) is 8.34. The molecule has 1 aromatic carbocycles. The number of fused-ring (bicyclic) bond motifs is 1. The smallest absolute Gasteiger partial charge is 0.260 e. The number of para-hydroxylation sites is 1. The Bertz CT molecular complexity index is 851. The standard InChI is InChI=1S/C20H25F2N5O2/c1-29-17-5-3-2-4-14(17)10-18(28)26-8-6-13(7-9-26)15-11-16(19(21)22)27-20(25-15)23-12-24-27/h2-5,12-13,15-16,19H,6-11H2,1H3,(H,23,24,25)/t15-,16+/m0/s1. The molecular weight excluding hydrogens is 380 g/mol.